The Labute approximate surface area is 75.8 Å². The van der Waals surface area contributed by atoms with Gasteiger partial charge < -0.3 is 5.11 Å². The van der Waals surface area contributed by atoms with E-state index < -0.39 is 5.60 Å². The van der Waals surface area contributed by atoms with E-state index in [1.54, 1.807) is 19.9 Å². The lowest BCUT2D eigenvalue weighted by Gasteiger charge is -2.09. The van der Waals surface area contributed by atoms with Crippen molar-refractivity contribution in [2.24, 2.45) is 5.92 Å². The predicted octanol–water partition coefficient (Wildman–Crippen LogP) is 2.92. The Kier molecular flexibility index (Phi) is 4.25. The molecule has 0 aliphatic carbocycles. The molecule has 0 heterocycles. The highest BCUT2D eigenvalue weighted by atomic mass is 16.3. The summed E-state index contributed by atoms with van der Waals surface area (Å²) >= 11 is 0. The van der Waals surface area contributed by atoms with E-state index in [2.05, 4.69) is 20.8 Å². The van der Waals surface area contributed by atoms with Crippen LogP contribution in [0.2, 0.25) is 0 Å². The van der Waals surface area contributed by atoms with Crippen LogP contribution in [0.15, 0.2) is 23.8 Å². The largest absolute Gasteiger partial charge is 0.386 e. The minimum atomic E-state index is -0.701. The monoisotopic (exact) mass is 168 g/mol. The summed E-state index contributed by atoms with van der Waals surface area (Å²) in [6, 6.07) is 0. The van der Waals surface area contributed by atoms with Crippen LogP contribution in [0.5, 0.6) is 0 Å². The van der Waals surface area contributed by atoms with Gasteiger partial charge in [0, 0.05) is 0 Å². The Morgan fingerprint density at radius 2 is 1.83 bits per heavy atom. The van der Waals surface area contributed by atoms with Crippen LogP contribution in [0.25, 0.3) is 0 Å². The number of rotatable bonds is 3. The van der Waals surface area contributed by atoms with Crippen LogP contribution in [-0.2, 0) is 0 Å². The summed E-state index contributed by atoms with van der Waals surface area (Å²) in [5, 5.41) is 9.35. The van der Waals surface area contributed by atoms with Crippen molar-refractivity contribution in [3.05, 3.63) is 23.8 Å². The van der Waals surface area contributed by atoms with Gasteiger partial charge in [-0.05, 0) is 26.7 Å². The Morgan fingerprint density at radius 1 is 1.33 bits per heavy atom. The second-order valence-electron chi connectivity index (χ2n) is 4.08. The zero-order valence-electron chi connectivity index (χ0n) is 8.76. The molecule has 0 aromatic rings. The molecule has 0 aromatic carbocycles. The first-order chi connectivity index (χ1) is 5.33. The third-order valence-corrected chi connectivity index (χ3v) is 1.77. The summed E-state index contributed by atoms with van der Waals surface area (Å²) in [7, 11) is 0. The Balaban J connectivity index is 4.13. The molecule has 0 aromatic heterocycles. The van der Waals surface area contributed by atoms with E-state index in [0.29, 0.717) is 5.92 Å². The highest BCUT2D eigenvalue weighted by Crippen LogP contribution is 2.09. The molecule has 0 rings (SSSR count). The quantitative estimate of drug-likeness (QED) is 0.642. The van der Waals surface area contributed by atoms with E-state index in [0.717, 1.165) is 0 Å². The van der Waals surface area contributed by atoms with Crippen molar-refractivity contribution in [2.45, 2.75) is 40.2 Å². The minimum absolute atomic E-state index is 0.580. The standard InChI is InChI=1S/C11H20O/c1-9(2)10(3)7-6-8-11(4,5)12/h6-9,12H,1-5H3/b8-6+,10-7+. The highest BCUT2D eigenvalue weighted by molar-refractivity contribution is 5.14. The molecular weight excluding hydrogens is 148 g/mol. The molecular formula is C11H20O. The van der Waals surface area contributed by atoms with Gasteiger partial charge in [-0.2, -0.15) is 0 Å². The second-order valence-corrected chi connectivity index (χ2v) is 4.08. The topological polar surface area (TPSA) is 20.2 Å². The molecule has 1 heteroatoms. The molecule has 12 heavy (non-hydrogen) atoms. The normalized spacial score (nSPS) is 14.8. The summed E-state index contributed by atoms with van der Waals surface area (Å²) in [6.07, 6.45) is 5.75. The van der Waals surface area contributed by atoms with E-state index in [9.17, 15) is 5.11 Å². The predicted molar refractivity (Wildman–Crippen MR) is 54.0 cm³/mol. The van der Waals surface area contributed by atoms with Crippen molar-refractivity contribution in [3.63, 3.8) is 0 Å². The fourth-order valence-electron chi connectivity index (χ4n) is 0.628. The van der Waals surface area contributed by atoms with E-state index in [1.807, 2.05) is 12.2 Å². The van der Waals surface area contributed by atoms with Gasteiger partial charge in [-0.15, -0.1) is 0 Å². The Hall–Kier alpha value is -0.560. The van der Waals surface area contributed by atoms with Gasteiger partial charge in [0.05, 0.1) is 5.60 Å². The van der Waals surface area contributed by atoms with Crippen LogP contribution < -0.4 is 0 Å². The number of allylic oxidation sites excluding steroid dienone is 3. The van der Waals surface area contributed by atoms with Gasteiger partial charge >= 0.3 is 0 Å². The summed E-state index contributed by atoms with van der Waals surface area (Å²) in [5.74, 6) is 0.580. The first kappa shape index (κ1) is 11.4. The van der Waals surface area contributed by atoms with Crippen molar-refractivity contribution in [3.8, 4) is 0 Å². The van der Waals surface area contributed by atoms with Crippen LogP contribution in [0, 0.1) is 5.92 Å². The molecule has 0 saturated heterocycles. The molecule has 0 spiro atoms. The fourth-order valence-corrected chi connectivity index (χ4v) is 0.628. The summed E-state index contributed by atoms with van der Waals surface area (Å²) < 4.78 is 0. The fraction of sp³-hybridized carbons (Fsp3) is 0.636. The van der Waals surface area contributed by atoms with E-state index in [1.165, 1.54) is 5.57 Å². The van der Waals surface area contributed by atoms with Crippen LogP contribution in [0.1, 0.15) is 34.6 Å². The van der Waals surface area contributed by atoms with Gasteiger partial charge in [0.1, 0.15) is 0 Å². The zero-order chi connectivity index (χ0) is 9.78. The van der Waals surface area contributed by atoms with Crippen molar-refractivity contribution >= 4 is 0 Å². The molecule has 0 atom stereocenters. The van der Waals surface area contributed by atoms with Crippen LogP contribution in [0.3, 0.4) is 0 Å². The van der Waals surface area contributed by atoms with E-state index in [4.69, 9.17) is 0 Å². The lowest BCUT2D eigenvalue weighted by molar-refractivity contribution is 0.133. The molecule has 1 nitrogen and oxygen atoms in total. The molecule has 0 aliphatic rings. The van der Waals surface area contributed by atoms with Crippen LogP contribution in [0.4, 0.5) is 0 Å². The molecule has 0 amide bonds. The molecule has 1 N–H and O–H groups in total. The van der Waals surface area contributed by atoms with Gasteiger partial charge in [0.15, 0.2) is 0 Å². The van der Waals surface area contributed by atoms with Gasteiger partial charge in [0.25, 0.3) is 0 Å². The molecule has 70 valence electrons. The molecule has 0 fully saturated rings. The number of aliphatic hydroxyl groups is 1. The average Bonchev–Trinajstić information content (AvgIpc) is 1.84. The van der Waals surface area contributed by atoms with Gasteiger partial charge in [-0.3, -0.25) is 0 Å². The summed E-state index contributed by atoms with van der Waals surface area (Å²) in [6.45, 7) is 9.94. The van der Waals surface area contributed by atoms with Gasteiger partial charge in [-0.25, -0.2) is 0 Å². The van der Waals surface area contributed by atoms with E-state index >= 15 is 0 Å². The lowest BCUT2D eigenvalue weighted by Crippen LogP contribution is -2.13. The van der Waals surface area contributed by atoms with Crippen molar-refractivity contribution < 1.29 is 5.11 Å². The molecule has 0 bridgehead atoms. The second kappa shape index (κ2) is 4.46. The summed E-state index contributed by atoms with van der Waals surface area (Å²) in [5.41, 5.74) is 0.629. The lowest BCUT2D eigenvalue weighted by atomic mass is 10.0. The molecule has 0 unspecified atom stereocenters. The maximum Gasteiger partial charge on any atom is 0.0774 e. The van der Waals surface area contributed by atoms with Crippen LogP contribution in [-0.4, -0.2) is 10.7 Å². The zero-order valence-corrected chi connectivity index (χ0v) is 8.76. The average molecular weight is 168 g/mol. The highest BCUT2D eigenvalue weighted by Gasteiger charge is 2.04. The SMILES string of the molecule is C/C(=C\C=C\C(C)(C)O)C(C)C. The Bertz CT molecular complexity index is 180. The minimum Gasteiger partial charge on any atom is -0.386 e. The van der Waals surface area contributed by atoms with Crippen molar-refractivity contribution in [1.82, 2.24) is 0 Å². The van der Waals surface area contributed by atoms with Crippen molar-refractivity contribution in [1.29, 1.82) is 0 Å². The first-order valence-electron chi connectivity index (χ1n) is 4.41. The molecule has 0 aliphatic heterocycles. The van der Waals surface area contributed by atoms with Crippen molar-refractivity contribution in [2.75, 3.05) is 0 Å². The maximum atomic E-state index is 9.35. The summed E-state index contributed by atoms with van der Waals surface area (Å²) in [4.78, 5) is 0. The third kappa shape index (κ3) is 6.17. The van der Waals surface area contributed by atoms with Crippen LogP contribution >= 0.6 is 0 Å². The maximum absolute atomic E-state index is 9.35. The first-order valence-corrected chi connectivity index (χ1v) is 4.41. The third-order valence-electron chi connectivity index (χ3n) is 1.77. The Morgan fingerprint density at radius 3 is 2.17 bits per heavy atom. The molecule has 0 saturated carbocycles. The van der Waals surface area contributed by atoms with Gasteiger partial charge in [-0.1, -0.05) is 37.6 Å². The van der Waals surface area contributed by atoms with E-state index in [-0.39, 0.29) is 0 Å². The number of hydrogen-bond acceptors (Lipinski definition) is 1. The number of hydrogen-bond donors (Lipinski definition) is 1. The smallest absolute Gasteiger partial charge is 0.0774 e. The van der Waals surface area contributed by atoms with Gasteiger partial charge in [0.2, 0.25) is 0 Å². The molecule has 0 radical (unpaired) electrons.